The van der Waals surface area contributed by atoms with Crippen molar-refractivity contribution in [3.05, 3.63) is 72.3 Å². The van der Waals surface area contributed by atoms with Gasteiger partial charge in [-0.25, -0.2) is 0 Å². The lowest BCUT2D eigenvalue weighted by molar-refractivity contribution is 0.184. The van der Waals surface area contributed by atoms with Gasteiger partial charge in [-0.3, -0.25) is 0 Å². The van der Waals surface area contributed by atoms with Crippen molar-refractivity contribution >= 4 is 0 Å². The Kier molecular flexibility index (Phi) is 7.10. The number of benzene rings is 3. The first kappa shape index (κ1) is 20.0. The smallest absolute Gasteiger partial charge is 0.119 e. The molecule has 0 atom stereocenters. The molecule has 0 fully saturated rings. The summed E-state index contributed by atoms with van der Waals surface area (Å²) >= 11 is 0. The number of unbranched alkanes of at least 4 members (excludes halogenated alkanes) is 1. The zero-order valence-electron chi connectivity index (χ0n) is 16.7. The summed E-state index contributed by atoms with van der Waals surface area (Å²) in [5.74, 6) is 1.19. The molecule has 3 aromatic rings. The number of phenols is 1. The maximum atomic E-state index is 9.52. The van der Waals surface area contributed by atoms with Crippen LogP contribution < -0.4 is 4.74 Å². The SMILES string of the molecule is CCc1cc(-c2ccc(OCCCCOC)cc2)ccc1-c1ccc(O)cc1. The number of methoxy groups -OCH3 is 1. The Labute approximate surface area is 167 Å². The molecule has 0 unspecified atom stereocenters. The summed E-state index contributed by atoms with van der Waals surface area (Å²) in [5.41, 5.74) is 6.01. The first-order chi connectivity index (χ1) is 13.7. The van der Waals surface area contributed by atoms with Gasteiger partial charge in [0.1, 0.15) is 11.5 Å². The molecule has 0 spiro atoms. The van der Waals surface area contributed by atoms with Crippen LogP contribution in [-0.4, -0.2) is 25.4 Å². The summed E-state index contributed by atoms with van der Waals surface area (Å²) < 4.78 is 10.9. The molecule has 0 heterocycles. The van der Waals surface area contributed by atoms with E-state index in [4.69, 9.17) is 9.47 Å². The summed E-state index contributed by atoms with van der Waals surface area (Å²) in [6.45, 7) is 3.66. The fourth-order valence-electron chi connectivity index (χ4n) is 3.27. The predicted octanol–water partition coefficient (Wildman–Crippen LogP) is 6.09. The number of ether oxygens (including phenoxy) is 2. The van der Waals surface area contributed by atoms with Crippen LogP contribution in [0.15, 0.2) is 66.7 Å². The minimum absolute atomic E-state index is 0.291. The van der Waals surface area contributed by atoms with E-state index < -0.39 is 0 Å². The minimum Gasteiger partial charge on any atom is -0.508 e. The summed E-state index contributed by atoms with van der Waals surface area (Å²) in [5, 5.41) is 9.52. The van der Waals surface area contributed by atoms with E-state index >= 15 is 0 Å². The quantitative estimate of drug-likeness (QED) is 0.459. The molecule has 0 aliphatic carbocycles. The summed E-state index contributed by atoms with van der Waals surface area (Å²) in [6, 6.07) is 22.2. The molecule has 0 bridgehead atoms. The number of aromatic hydroxyl groups is 1. The Morgan fingerprint density at radius 1 is 0.750 bits per heavy atom. The van der Waals surface area contributed by atoms with E-state index in [1.54, 1.807) is 19.2 Å². The van der Waals surface area contributed by atoms with Crippen LogP contribution in [0.5, 0.6) is 11.5 Å². The molecule has 0 aliphatic heterocycles. The third-order valence-electron chi connectivity index (χ3n) is 4.86. The zero-order chi connectivity index (χ0) is 19.8. The van der Waals surface area contributed by atoms with Gasteiger partial charge in [0.15, 0.2) is 0 Å². The fraction of sp³-hybridized carbons (Fsp3) is 0.280. The Morgan fingerprint density at radius 3 is 2.07 bits per heavy atom. The lowest BCUT2D eigenvalue weighted by Gasteiger charge is -2.12. The van der Waals surface area contributed by atoms with Gasteiger partial charge in [-0.1, -0.05) is 49.4 Å². The Hall–Kier alpha value is -2.78. The maximum Gasteiger partial charge on any atom is 0.119 e. The van der Waals surface area contributed by atoms with E-state index in [1.807, 2.05) is 24.3 Å². The van der Waals surface area contributed by atoms with Crippen LogP contribution in [0, 0.1) is 0 Å². The second-order valence-corrected chi connectivity index (χ2v) is 6.85. The average molecular weight is 376 g/mol. The van der Waals surface area contributed by atoms with Crippen molar-refractivity contribution in [1.82, 2.24) is 0 Å². The standard InChI is InChI=1S/C25H28O3/c1-3-19-18-22(10-15-25(19)21-6-11-23(26)12-7-21)20-8-13-24(14-9-20)28-17-5-4-16-27-2/h6-15,18,26H,3-5,16-17H2,1-2H3. The average Bonchev–Trinajstić information content (AvgIpc) is 2.74. The van der Waals surface area contributed by atoms with Crippen LogP contribution in [0.1, 0.15) is 25.3 Å². The lowest BCUT2D eigenvalue weighted by Crippen LogP contribution is -1.99. The van der Waals surface area contributed by atoms with Crippen molar-refractivity contribution < 1.29 is 14.6 Å². The van der Waals surface area contributed by atoms with E-state index in [-0.39, 0.29) is 0 Å². The van der Waals surface area contributed by atoms with Crippen LogP contribution in [-0.2, 0) is 11.2 Å². The maximum absolute atomic E-state index is 9.52. The third-order valence-corrected chi connectivity index (χ3v) is 4.86. The molecule has 28 heavy (non-hydrogen) atoms. The summed E-state index contributed by atoms with van der Waals surface area (Å²) in [7, 11) is 1.72. The third kappa shape index (κ3) is 5.14. The van der Waals surface area contributed by atoms with Crippen LogP contribution in [0.3, 0.4) is 0 Å². The monoisotopic (exact) mass is 376 g/mol. The zero-order valence-corrected chi connectivity index (χ0v) is 16.7. The van der Waals surface area contributed by atoms with Gasteiger partial charge in [-0.2, -0.15) is 0 Å². The van der Waals surface area contributed by atoms with Crippen molar-refractivity contribution in [1.29, 1.82) is 0 Å². The number of hydrogen-bond acceptors (Lipinski definition) is 3. The number of rotatable bonds is 9. The van der Waals surface area contributed by atoms with E-state index in [1.165, 1.54) is 22.3 Å². The van der Waals surface area contributed by atoms with Crippen LogP contribution in [0.2, 0.25) is 0 Å². The first-order valence-electron chi connectivity index (χ1n) is 9.85. The molecule has 1 N–H and O–H groups in total. The van der Waals surface area contributed by atoms with E-state index in [0.717, 1.165) is 37.2 Å². The summed E-state index contributed by atoms with van der Waals surface area (Å²) in [6.07, 6.45) is 2.96. The van der Waals surface area contributed by atoms with Crippen molar-refractivity contribution in [2.45, 2.75) is 26.2 Å². The number of phenolic OH excluding ortho intramolecular Hbond substituents is 1. The molecule has 0 aliphatic rings. The molecule has 3 nitrogen and oxygen atoms in total. The summed E-state index contributed by atoms with van der Waals surface area (Å²) in [4.78, 5) is 0. The second kappa shape index (κ2) is 9.95. The minimum atomic E-state index is 0.291. The Balaban J connectivity index is 1.72. The first-order valence-corrected chi connectivity index (χ1v) is 9.85. The highest BCUT2D eigenvalue weighted by Gasteiger charge is 2.07. The molecule has 0 radical (unpaired) electrons. The molecule has 0 saturated heterocycles. The molecule has 3 rings (SSSR count). The molecule has 146 valence electrons. The molecule has 3 heteroatoms. The number of hydrogen-bond donors (Lipinski definition) is 1. The van der Waals surface area contributed by atoms with Gasteiger partial charge < -0.3 is 14.6 Å². The molecular weight excluding hydrogens is 348 g/mol. The normalized spacial score (nSPS) is 10.8. The highest BCUT2D eigenvalue weighted by atomic mass is 16.5. The van der Waals surface area contributed by atoms with Gasteiger partial charge in [0.2, 0.25) is 0 Å². The van der Waals surface area contributed by atoms with Crippen molar-refractivity contribution in [3.8, 4) is 33.8 Å². The van der Waals surface area contributed by atoms with Gasteiger partial charge in [0, 0.05) is 13.7 Å². The molecule has 0 aromatic heterocycles. The Morgan fingerprint density at radius 2 is 1.39 bits per heavy atom. The predicted molar refractivity (Wildman–Crippen MR) is 115 cm³/mol. The molecule has 0 amide bonds. The van der Waals surface area contributed by atoms with Crippen molar-refractivity contribution in [3.63, 3.8) is 0 Å². The van der Waals surface area contributed by atoms with Gasteiger partial charge >= 0.3 is 0 Å². The van der Waals surface area contributed by atoms with Crippen molar-refractivity contribution in [2.24, 2.45) is 0 Å². The molecular formula is C25H28O3. The van der Waals surface area contributed by atoms with Gasteiger partial charge in [-0.05, 0) is 71.3 Å². The van der Waals surface area contributed by atoms with E-state index in [2.05, 4.69) is 37.3 Å². The van der Waals surface area contributed by atoms with Crippen LogP contribution >= 0.6 is 0 Å². The molecule has 3 aromatic carbocycles. The van der Waals surface area contributed by atoms with E-state index in [0.29, 0.717) is 12.4 Å². The highest BCUT2D eigenvalue weighted by Crippen LogP contribution is 2.31. The van der Waals surface area contributed by atoms with Gasteiger partial charge in [0.05, 0.1) is 6.61 Å². The van der Waals surface area contributed by atoms with Crippen LogP contribution in [0.25, 0.3) is 22.3 Å². The second-order valence-electron chi connectivity index (χ2n) is 6.85. The fourth-order valence-corrected chi connectivity index (χ4v) is 3.27. The largest absolute Gasteiger partial charge is 0.508 e. The lowest BCUT2D eigenvalue weighted by atomic mass is 9.93. The number of aryl methyl sites for hydroxylation is 1. The van der Waals surface area contributed by atoms with E-state index in [9.17, 15) is 5.11 Å². The van der Waals surface area contributed by atoms with Gasteiger partial charge in [0.25, 0.3) is 0 Å². The van der Waals surface area contributed by atoms with Crippen molar-refractivity contribution in [2.75, 3.05) is 20.3 Å². The van der Waals surface area contributed by atoms with Crippen LogP contribution in [0.4, 0.5) is 0 Å². The highest BCUT2D eigenvalue weighted by molar-refractivity contribution is 5.74. The van der Waals surface area contributed by atoms with Gasteiger partial charge in [-0.15, -0.1) is 0 Å². The molecule has 0 saturated carbocycles. The topological polar surface area (TPSA) is 38.7 Å². The Bertz CT molecular complexity index is 867.